The van der Waals surface area contributed by atoms with Gasteiger partial charge in [-0.15, -0.1) is 0 Å². The zero-order chi connectivity index (χ0) is 16.6. The van der Waals surface area contributed by atoms with Crippen molar-refractivity contribution in [1.82, 2.24) is 20.2 Å². The number of nitrogens with one attached hydrogen (secondary N) is 2. The molecule has 126 valence electrons. The van der Waals surface area contributed by atoms with Gasteiger partial charge in [0.1, 0.15) is 5.82 Å². The third kappa shape index (κ3) is 4.47. The summed E-state index contributed by atoms with van der Waals surface area (Å²) in [7, 11) is 1.81. The van der Waals surface area contributed by atoms with Gasteiger partial charge in [-0.25, -0.2) is 4.98 Å². The summed E-state index contributed by atoms with van der Waals surface area (Å²) in [5, 5.41) is 6.81. The van der Waals surface area contributed by atoms with Gasteiger partial charge in [0, 0.05) is 32.0 Å². The summed E-state index contributed by atoms with van der Waals surface area (Å²) in [5.74, 6) is 1.86. The first-order chi connectivity index (χ1) is 11.8. The van der Waals surface area contributed by atoms with E-state index in [1.54, 1.807) is 7.05 Å². The number of hydrogen-bond acceptors (Lipinski definition) is 2. The topological polar surface area (TPSA) is 54.2 Å². The molecule has 1 aromatic heterocycles. The van der Waals surface area contributed by atoms with E-state index in [1.165, 1.54) is 5.56 Å². The molecule has 0 unspecified atom stereocenters. The Morgan fingerprint density at radius 3 is 2.79 bits per heavy atom. The summed E-state index contributed by atoms with van der Waals surface area (Å²) in [6.45, 7) is 1.60. The van der Waals surface area contributed by atoms with E-state index in [1.807, 2.05) is 12.4 Å². The van der Waals surface area contributed by atoms with Crippen molar-refractivity contribution >= 4 is 5.96 Å². The molecule has 0 bridgehead atoms. The summed E-state index contributed by atoms with van der Waals surface area (Å²) in [6.07, 6.45) is 11.4. The van der Waals surface area contributed by atoms with Gasteiger partial charge in [-0.2, -0.15) is 0 Å². The maximum Gasteiger partial charge on any atom is 0.191 e. The van der Waals surface area contributed by atoms with E-state index in [2.05, 4.69) is 67.7 Å². The number of nitrogens with zero attached hydrogens (tertiary/aromatic N) is 3. The fraction of sp³-hybridized carbons (Fsp3) is 0.368. The van der Waals surface area contributed by atoms with E-state index in [-0.39, 0.29) is 0 Å². The van der Waals surface area contributed by atoms with Crippen molar-refractivity contribution in [3.8, 4) is 0 Å². The minimum atomic E-state index is 0.453. The normalized spacial score (nSPS) is 15.0. The Morgan fingerprint density at radius 1 is 1.25 bits per heavy atom. The number of hydrogen-bond donors (Lipinski definition) is 2. The van der Waals surface area contributed by atoms with Crippen molar-refractivity contribution in [2.24, 2.45) is 4.99 Å². The van der Waals surface area contributed by atoms with Crippen LogP contribution in [0.1, 0.15) is 24.2 Å². The van der Waals surface area contributed by atoms with Gasteiger partial charge in [-0.1, -0.05) is 42.5 Å². The molecular formula is C19H25N5. The van der Waals surface area contributed by atoms with Crippen molar-refractivity contribution < 1.29 is 0 Å². The van der Waals surface area contributed by atoms with Crippen LogP contribution >= 0.6 is 0 Å². The largest absolute Gasteiger partial charge is 0.353 e. The molecule has 0 aliphatic heterocycles. The Morgan fingerprint density at radius 2 is 2.04 bits per heavy atom. The predicted octanol–water partition coefficient (Wildman–Crippen LogP) is 2.51. The minimum absolute atomic E-state index is 0.453. The third-order valence-electron chi connectivity index (χ3n) is 4.27. The third-order valence-corrected chi connectivity index (χ3v) is 4.27. The molecule has 0 amide bonds. The fourth-order valence-electron chi connectivity index (χ4n) is 2.89. The minimum Gasteiger partial charge on any atom is -0.353 e. The average molecular weight is 323 g/mol. The number of aryl methyl sites for hydroxylation is 2. The molecule has 1 aliphatic rings. The monoisotopic (exact) mass is 323 g/mol. The second-order valence-corrected chi connectivity index (χ2v) is 5.98. The smallest absolute Gasteiger partial charge is 0.191 e. The van der Waals surface area contributed by atoms with Crippen molar-refractivity contribution in [3.05, 3.63) is 66.3 Å². The number of guanidine groups is 1. The highest BCUT2D eigenvalue weighted by molar-refractivity contribution is 5.79. The summed E-state index contributed by atoms with van der Waals surface area (Å²) < 4.78 is 2.20. The van der Waals surface area contributed by atoms with Crippen LogP contribution in [0.25, 0.3) is 0 Å². The molecule has 24 heavy (non-hydrogen) atoms. The molecule has 2 aromatic rings. The predicted molar refractivity (Wildman–Crippen MR) is 97.9 cm³/mol. The van der Waals surface area contributed by atoms with Gasteiger partial charge in [0.2, 0.25) is 0 Å². The Bertz CT molecular complexity index is 679. The van der Waals surface area contributed by atoms with Crippen molar-refractivity contribution in [3.63, 3.8) is 0 Å². The zero-order valence-corrected chi connectivity index (χ0v) is 14.2. The van der Waals surface area contributed by atoms with Gasteiger partial charge < -0.3 is 15.2 Å². The highest BCUT2D eigenvalue weighted by atomic mass is 15.2. The first-order valence-electron chi connectivity index (χ1n) is 8.51. The van der Waals surface area contributed by atoms with Gasteiger partial charge in [0.25, 0.3) is 0 Å². The number of aliphatic imine (C=N–C) groups is 1. The molecule has 5 heteroatoms. The van der Waals surface area contributed by atoms with E-state index in [4.69, 9.17) is 0 Å². The van der Waals surface area contributed by atoms with Crippen LogP contribution in [0.15, 0.2) is 59.9 Å². The van der Waals surface area contributed by atoms with E-state index in [0.29, 0.717) is 12.6 Å². The maximum atomic E-state index is 4.47. The van der Waals surface area contributed by atoms with Gasteiger partial charge in [0.05, 0.1) is 6.54 Å². The van der Waals surface area contributed by atoms with Gasteiger partial charge in [-0.3, -0.25) is 4.99 Å². The molecular weight excluding hydrogens is 298 g/mol. The van der Waals surface area contributed by atoms with Crippen molar-refractivity contribution in [1.29, 1.82) is 0 Å². The second-order valence-electron chi connectivity index (χ2n) is 5.98. The van der Waals surface area contributed by atoms with Crippen LogP contribution < -0.4 is 10.6 Å². The lowest BCUT2D eigenvalue weighted by molar-refractivity contribution is 0.611. The SMILES string of the molecule is CN=C(NCc1nccn1CCc1ccccc1)NC1CC=CC1. The summed E-state index contributed by atoms with van der Waals surface area (Å²) in [6, 6.07) is 11.0. The molecule has 1 aromatic carbocycles. The molecule has 0 radical (unpaired) electrons. The fourth-order valence-corrected chi connectivity index (χ4v) is 2.89. The van der Waals surface area contributed by atoms with Crippen LogP contribution in [0.2, 0.25) is 0 Å². The molecule has 3 rings (SSSR count). The molecule has 0 saturated heterocycles. The first kappa shape index (κ1) is 16.3. The van der Waals surface area contributed by atoms with Crippen LogP contribution in [0.4, 0.5) is 0 Å². The number of aromatic nitrogens is 2. The molecule has 0 atom stereocenters. The Hall–Kier alpha value is -2.56. The van der Waals surface area contributed by atoms with Gasteiger partial charge in [0.15, 0.2) is 5.96 Å². The van der Waals surface area contributed by atoms with Crippen LogP contribution in [0.3, 0.4) is 0 Å². The molecule has 5 nitrogen and oxygen atoms in total. The van der Waals surface area contributed by atoms with E-state index >= 15 is 0 Å². The lowest BCUT2D eigenvalue weighted by atomic mass is 10.1. The number of rotatable bonds is 6. The lowest BCUT2D eigenvalue weighted by Gasteiger charge is -2.17. The van der Waals surface area contributed by atoms with Gasteiger partial charge >= 0.3 is 0 Å². The molecule has 1 aliphatic carbocycles. The molecule has 2 N–H and O–H groups in total. The van der Waals surface area contributed by atoms with E-state index in [0.717, 1.165) is 37.6 Å². The van der Waals surface area contributed by atoms with Crippen molar-refractivity contribution in [2.45, 2.75) is 38.4 Å². The molecule has 1 heterocycles. The van der Waals surface area contributed by atoms with Crippen LogP contribution in [0.5, 0.6) is 0 Å². The Labute approximate surface area is 143 Å². The lowest BCUT2D eigenvalue weighted by Crippen LogP contribution is -2.42. The average Bonchev–Trinajstić information content (AvgIpc) is 3.29. The second kappa shape index (κ2) is 8.34. The number of imidazole rings is 1. The first-order valence-corrected chi connectivity index (χ1v) is 8.51. The summed E-state index contributed by atoms with van der Waals surface area (Å²) in [5.41, 5.74) is 1.34. The van der Waals surface area contributed by atoms with Gasteiger partial charge in [-0.05, 0) is 24.8 Å². The van der Waals surface area contributed by atoms with Crippen LogP contribution in [-0.4, -0.2) is 28.6 Å². The Kier molecular flexibility index (Phi) is 5.66. The zero-order valence-electron chi connectivity index (χ0n) is 14.2. The van der Waals surface area contributed by atoms with E-state index in [9.17, 15) is 0 Å². The Balaban J connectivity index is 1.51. The molecule has 0 spiro atoms. The van der Waals surface area contributed by atoms with Crippen LogP contribution in [0, 0.1) is 0 Å². The standard InChI is InChI=1S/C19H25N5/c1-20-19(23-17-9-5-6-10-17)22-15-18-21-12-14-24(18)13-11-16-7-3-2-4-8-16/h2-8,12,14,17H,9-11,13,15H2,1H3,(H2,20,22,23). The van der Waals surface area contributed by atoms with E-state index < -0.39 is 0 Å². The molecule has 0 saturated carbocycles. The maximum absolute atomic E-state index is 4.47. The number of benzene rings is 1. The summed E-state index contributed by atoms with van der Waals surface area (Å²) >= 11 is 0. The summed E-state index contributed by atoms with van der Waals surface area (Å²) in [4.78, 5) is 8.78. The van der Waals surface area contributed by atoms with Crippen molar-refractivity contribution in [2.75, 3.05) is 7.05 Å². The molecule has 0 fully saturated rings. The van der Waals surface area contributed by atoms with Crippen LogP contribution in [-0.2, 0) is 19.5 Å². The highest BCUT2D eigenvalue weighted by Gasteiger charge is 2.12. The highest BCUT2D eigenvalue weighted by Crippen LogP contribution is 2.09. The quantitative estimate of drug-likeness (QED) is 0.488.